The number of phenols is 1. The summed E-state index contributed by atoms with van der Waals surface area (Å²) in [6.07, 6.45) is 4.32. The first-order valence-corrected chi connectivity index (χ1v) is 9.49. The highest BCUT2D eigenvalue weighted by Crippen LogP contribution is 2.28. The molecule has 144 valence electrons. The zero-order chi connectivity index (χ0) is 19.1. The topological polar surface area (TPSA) is 58.6 Å². The smallest absolute Gasteiger partial charge is 0.251 e. The van der Waals surface area contributed by atoms with Gasteiger partial charge in [0.1, 0.15) is 11.6 Å². The molecule has 2 aromatic rings. The van der Waals surface area contributed by atoms with Crippen molar-refractivity contribution in [2.24, 2.45) is 11.8 Å². The maximum atomic E-state index is 13.2. The molecule has 1 aliphatic rings. The lowest BCUT2D eigenvalue weighted by Crippen LogP contribution is -2.31. The Labute approximate surface area is 159 Å². The molecule has 0 heterocycles. The highest BCUT2D eigenvalue weighted by Gasteiger charge is 2.22. The van der Waals surface area contributed by atoms with E-state index in [2.05, 4.69) is 5.32 Å². The number of nitrogens with one attached hydrogen (secondary N) is 1. The van der Waals surface area contributed by atoms with Crippen LogP contribution in [-0.4, -0.2) is 24.2 Å². The highest BCUT2D eigenvalue weighted by molar-refractivity contribution is 5.94. The monoisotopic (exact) mass is 371 g/mol. The number of hydrogen-bond acceptors (Lipinski definition) is 3. The zero-order valence-electron chi connectivity index (χ0n) is 15.4. The molecule has 0 atom stereocenters. The van der Waals surface area contributed by atoms with Gasteiger partial charge in [0.05, 0.1) is 6.61 Å². The largest absolute Gasteiger partial charge is 0.508 e. The van der Waals surface area contributed by atoms with E-state index in [0.29, 0.717) is 37.2 Å². The molecule has 1 fully saturated rings. The van der Waals surface area contributed by atoms with Crippen molar-refractivity contribution in [1.29, 1.82) is 0 Å². The Balaban J connectivity index is 1.33. The molecule has 0 unspecified atom stereocenters. The highest BCUT2D eigenvalue weighted by atomic mass is 19.1. The molecule has 3 rings (SSSR count). The number of benzene rings is 2. The third-order valence-electron chi connectivity index (χ3n) is 5.16. The molecule has 4 nitrogen and oxygen atoms in total. The van der Waals surface area contributed by atoms with Gasteiger partial charge in [-0.15, -0.1) is 0 Å². The van der Waals surface area contributed by atoms with E-state index in [0.717, 1.165) is 31.2 Å². The summed E-state index contributed by atoms with van der Waals surface area (Å²) < 4.78 is 18.9. The van der Waals surface area contributed by atoms with Crippen molar-refractivity contribution in [2.75, 3.05) is 13.2 Å². The molecule has 1 aliphatic carbocycles. The summed E-state index contributed by atoms with van der Waals surface area (Å²) in [5.41, 5.74) is 1.42. The Morgan fingerprint density at radius 2 is 1.78 bits per heavy atom. The molecule has 2 aromatic carbocycles. The quantitative estimate of drug-likeness (QED) is 0.764. The Bertz CT molecular complexity index is 739. The number of halogens is 1. The van der Waals surface area contributed by atoms with Crippen LogP contribution in [0.15, 0.2) is 48.5 Å². The van der Waals surface area contributed by atoms with Gasteiger partial charge in [0, 0.05) is 18.7 Å². The van der Waals surface area contributed by atoms with E-state index >= 15 is 0 Å². The standard InChI is InChI=1S/C22H26FNO3/c23-20-3-1-2-18(12-20)15-27-14-17-6-4-16(5-7-17)13-24-22(26)19-8-10-21(25)11-9-19/h1-3,8-12,16-17,25H,4-7,13-15H2,(H,24,26). The molecule has 1 saturated carbocycles. The molecule has 0 spiro atoms. The van der Waals surface area contributed by atoms with Crippen LogP contribution in [0.5, 0.6) is 5.75 Å². The normalized spacial score (nSPS) is 19.6. The van der Waals surface area contributed by atoms with Gasteiger partial charge in [0.25, 0.3) is 5.91 Å². The molecular formula is C22H26FNO3. The van der Waals surface area contributed by atoms with Gasteiger partial charge in [-0.25, -0.2) is 4.39 Å². The molecule has 0 aliphatic heterocycles. The van der Waals surface area contributed by atoms with E-state index in [4.69, 9.17) is 4.74 Å². The van der Waals surface area contributed by atoms with Gasteiger partial charge >= 0.3 is 0 Å². The number of ether oxygens (including phenoxy) is 1. The first-order valence-electron chi connectivity index (χ1n) is 9.49. The van der Waals surface area contributed by atoms with E-state index in [9.17, 15) is 14.3 Å². The van der Waals surface area contributed by atoms with Crippen LogP contribution in [0.25, 0.3) is 0 Å². The minimum atomic E-state index is -0.231. The number of carbonyl (C=O) groups excluding carboxylic acids is 1. The minimum absolute atomic E-state index is 0.101. The van der Waals surface area contributed by atoms with E-state index in [1.54, 1.807) is 18.2 Å². The fraction of sp³-hybridized carbons (Fsp3) is 0.409. The fourth-order valence-corrected chi connectivity index (χ4v) is 3.52. The van der Waals surface area contributed by atoms with Crippen molar-refractivity contribution < 1.29 is 19.0 Å². The lowest BCUT2D eigenvalue weighted by atomic mass is 9.82. The van der Waals surface area contributed by atoms with Crippen molar-refractivity contribution in [1.82, 2.24) is 5.32 Å². The number of rotatable bonds is 7. The van der Waals surface area contributed by atoms with Gasteiger partial charge in [-0.05, 0) is 79.5 Å². The van der Waals surface area contributed by atoms with Gasteiger partial charge in [0.15, 0.2) is 0 Å². The van der Waals surface area contributed by atoms with Crippen LogP contribution >= 0.6 is 0 Å². The lowest BCUT2D eigenvalue weighted by molar-refractivity contribution is 0.0663. The molecule has 5 heteroatoms. The summed E-state index contributed by atoms with van der Waals surface area (Å²) >= 11 is 0. The van der Waals surface area contributed by atoms with Gasteiger partial charge in [0.2, 0.25) is 0 Å². The predicted octanol–water partition coefficient (Wildman–Crippen LogP) is 4.28. The third-order valence-corrected chi connectivity index (χ3v) is 5.16. The molecule has 0 radical (unpaired) electrons. The maximum Gasteiger partial charge on any atom is 0.251 e. The number of carbonyl (C=O) groups is 1. The summed E-state index contributed by atoms with van der Waals surface area (Å²) in [7, 11) is 0. The summed E-state index contributed by atoms with van der Waals surface area (Å²) in [4.78, 5) is 12.1. The van der Waals surface area contributed by atoms with Crippen molar-refractivity contribution in [3.8, 4) is 5.75 Å². The average molecular weight is 371 g/mol. The van der Waals surface area contributed by atoms with Crippen LogP contribution in [0, 0.1) is 17.7 Å². The molecule has 0 saturated heterocycles. The Morgan fingerprint density at radius 1 is 1.07 bits per heavy atom. The second-order valence-electron chi connectivity index (χ2n) is 7.29. The van der Waals surface area contributed by atoms with E-state index in [-0.39, 0.29) is 17.5 Å². The molecule has 27 heavy (non-hydrogen) atoms. The first-order chi connectivity index (χ1) is 13.1. The SMILES string of the molecule is O=C(NCC1CCC(COCc2cccc(F)c2)CC1)c1ccc(O)cc1. The van der Waals surface area contributed by atoms with Crippen LogP contribution in [0.2, 0.25) is 0 Å². The fourth-order valence-electron chi connectivity index (χ4n) is 3.52. The second-order valence-corrected chi connectivity index (χ2v) is 7.29. The summed E-state index contributed by atoms with van der Waals surface area (Å²) in [6, 6.07) is 12.8. The maximum absolute atomic E-state index is 13.2. The number of aromatic hydroxyl groups is 1. The molecule has 0 aromatic heterocycles. The van der Waals surface area contributed by atoms with Gasteiger partial charge < -0.3 is 15.2 Å². The average Bonchev–Trinajstić information content (AvgIpc) is 2.68. The van der Waals surface area contributed by atoms with Gasteiger partial charge in [-0.3, -0.25) is 4.79 Å². The molecule has 0 bridgehead atoms. The van der Waals surface area contributed by atoms with Crippen LogP contribution in [0.3, 0.4) is 0 Å². The summed E-state index contributed by atoms with van der Waals surface area (Å²) in [5, 5.41) is 12.3. The number of phenolic OH excluding ortho intramolecular Hbond substituents is 1. The van der Waals surface area contributed by atoms with Crippen molar-refractivity contribution in [2.45, 2.75) is 32.3 Å². The van der Waals surface area contributed by atoms with E-state index < -0.39 is 0 Å². The van der Waals surface area contributed by atoms with Crippen LogP contribution < -0.4 is 5.32 Å². The zero-order valence-corrected chi connectivity index (χ0v) is 15.4. The van der Waals surface area contributed by atoms with Crippen LogP contribution in [-0.2, 0) is 11.3 Å². The Morgan fingerprint density at radius 3 is 2.48 bits per heavy atom. The van der Waals surface area contributed by atoms with Gasteiger partial charge in [-0.1, -0.05) is 12.1 Å². The van der Waals surface area contributed by atoms with Crippen molar-refractivity contribution >= 4 is 5.91 Å². The van der Waals surface area contributed by atoms with Crippen molar-refractivity contribution in [3.63, 3.8) is 0 Å². The molecular weight excluding hydrogens is 345 g/mol. The summed E-state index contributed by atoms with van der Waals surface area (Å²) in [6.45, 7) is 1.82. The lowest BCUT2D eigenvalue weighted by Gasteiger charge is -2.28. The predicted molar refractivity (Wildman–Crippen MR) is 102 cm³/mol. The van der Waals surface area contributed by atoms with Crippen molar-refractivity contribution in [3.05, 3.63) is 65.5 Å². The first kappa shape index (κ1) is 19.4. The second kappa shape index (κ2) is 9.51. The summed E-state index contributed by atoms with van der Waals surface area (Å²) in [5.74, 6) is 0.846. The van der Waals surface area contributed by atoms with Crippen LogP contribution in [0.4, 0.5) is 4.39 Å². The van der Waals surface area contributed by atoms with E-state index in [1.807, 2.05) is 6.07 Å². The number of hydrogen-bond donors (Lipinski definition) is 2. The third kappa shape index (κ3) is 6.07. The molecule has 1 amide bonds. The number of amides is 1. The van der Waals surface area contributed by atoms with Crippen LogP contribution in [0.1, 0.15) is 41.6 Å². The minimum Gasteiger partial charge on any atom is -0.508 e. The van der Waals surface area contributed by atoms with E-state index in [1.165, 1.54) is 24.3 Å². The Hall–Kier alpha value is -2.40. The molecule has 2 N–H and O–H groups in total. The van der Waals surface area contributed by atoms with Gasteiger partial charge in [-0.2, -0.15) is 0 Å². The Kier molecular flexibility index (Phi) is 6.82.